The van der Waals surface area contributed by atoms with Gasteiger partial charge in [0.25, 0.3) is 0 Å². The van der Waals surface area contributed by atoms with Crippen molar-refractivity contribution >= 4 is 0 Å². The van der Waals surface area contributed by atoms with Gasteiger partial charge in [-0.05, 0) is 12.8 Å². The first-order valence-electron chi connectivity index (χ1n) is 4.93. The lowest BCUT2D eigenvalue weighted by molar-refractivity contribution is 0.376. The highest BCUT2D eigenvalue weighted by molar-refractivity contribution is 5.03. The van der Waals surface area contributed by atoms with Crippen molar-refractivity contribution in [3.63, 3.8) is 0 Å². The molecule has 0 aromatic rings. The molecule has 0 saturated carbocycles. The van der Waals surface area contributed by atoms with Crippen molar-refractivity contribution in [1.29, 1.82) is 0 Å². The molecule has 0 radical (unpaired) electrons. The van der Waals surface area contributed by atoms with Gasteiger partial charge in [-0.3, -0.25) is 0 Å². The van der Waals surface area contributed by atoms with Crippen LogP contribution in [0.25, 0.3) is 0 Å². The van der Waals surface area contributed by atoms with Crippen LogP contribution >= 0.6 is 0 Å². The predicted octanol–water partition coefficient (Wildman–Crippen LogP) is 3.71. The molecule has 0 aliphatic rings. The Hall–Kier alpha value is -0.510. The molecular formula is C11H19F. The molecule has 0 fully saturated rings. The minimum Gasteiger partial charge on any atom is -0.233 e. The van der Waals surface area contributed by atoms with Crippen LogP contribution in [0.1, 0.15) is 52.4 Å². The van der Waals surface area contributed by atoms with E-state index in [1.54, 1.807) is 0 Å². The van der Waals surface area contributed by atoms with Crippen molar-refractivity contribution in [3.05, 3.63) is 0 Å². The molecule has 0 saturated heterocycles. The molecule has 0 nitrogen and oxygen atoms in total. The van der Waals surface area contributed by atoms with Crippen LogP contribution in [-0.4, -0.2) is 6.17 Å². The summed E-state index contributed by atoms with van der Waals surface area (Å²) in [5.74, 6) is 5.36. The lowest BCUT2D eigenvalue weighted by atomic mass is 10.1. The van der Waals surface area contributed by atoms with Crippen molar-refractivity contribution in [2.45, 2.75) is 58.5 Å². The summed E-state index contributed by atoms with van der Waals surface area (Å²) in [4.78, 5) is 0. The molecule has 0 heterocycles. The molecule has 0 N–H and O–H groups in total. The van der Waals surface area contributed by atoms with E-state index in [1.165, 1.54) is 12.8 Å². The van der Waals surface area contributed by atoms with E-state index in [2.05, 4.69) is 18.8 Å². The van der Waals surface area contributed by atoms with E-state index in [0.29, 0.717) is 6.42 Å². The average Bonchev–Trinajstić information content (AvgIpc) is 2.09. The van der Waals surface area contributed by atoms with Crippen molar-refractivity contribution < 1.29 is 4.39 Å². The van der Waals surface area contributed by atoms with E-state index in [4.69, 9.17) is 0 Å². The molecule has 0 aliphatic heterocycles. The number of halogens is 1. The van der Waals surface area contributed by atoms with Gasteiger partial charge < -0.3 is 0 Å². The van der Waals surface area contributed by atoms with Crippen LogP contribution in [0.3, 0.4) is 0 Å². The molecule has 0 aliphatic carbocycles. The van der Waals surface area contributed by atoms with Crippen LogP contribution in [0.15, 0.2) is 0 Å². The Bertz CT molecular complexity index is 141. The Morgan fingerprint density at radius 1 is 1.17 bits per heavy atom. The Morgan fingerprint density at radius 3 is 2.50 bits per heavy atom. The first-order chi connectivity index (χ1) is 5.81. The van der Waals surface area contributed by atoms with Gasteiger partial charge in [0.1, 0.15) is 0 Å². The van der Waals surface area contributed by atoms with Gasteiger partial charge in [-0.2, -0.15) is 0 Å². The number of hydrogen-bond acceptors (Lipinski definition) is 0. The zero-order valence-electron chi connectivity index (χ0n) is 8.20. The van der Waals surface area contributed by atoms with Gasteiger partial charge in [-0.1, -0.05) is 39.0 Å². The Labute approximate surface area is 75.6 Å². The fourth-order valence-electron chi connectivity index (χ4n) is 1.04. The second-order valence-electron chi connectivity index (χ2n) is 2.99. The van der Waals surface area contributed by atoms with Crippen LogP contribution < -0.4 is 0 Å². The van der Waals surface area contributed by atoms with Gasteiger partial charge in [-0.25, -0.2) is 4.39 Å². The van der Waals surface area contributed by atoms with Gasteiger partial charge in [0, 0.05) is 6.42 Å². The van der Waals surface area contributed by atoms with Crippen LogP contribution in [-0.2, 0) is 0 Å². The van der Waals surface area contributed by atoms with Gasteiger partial charge in [0.15, 0.2) is 6.17 Å². The Balaban J connectivity index is 3.25. The largest absolute Gasteiger partial charge is 0.233 e. The summed E-state index contributed by atoms with van der Waals surface area (Å²) < 4.78 is 12.8. The summed E-state index contributed by atoms with van der Waals surface area (Å²) in [5.41, 5.74) is 0. The molecule has 70 valence electrons. The van der Waals surface area contributed by atoms with E-state index in [0.717, 1.165) is 19.3 Å². The van der Waals surface area contributed by atoms with E-state index in [1.807, 2.05) is 6.92 Å². The molecule has 0 spiro atoms. The fraction of sp³-hybridized carbons (Fsp3) is 0.818. The first kappa shape index (κ1) is 11.5. The summed E-state index contributed by atoms with van der Waals surface area (Å²) in [6, 6.07) is 0. The van der Waals surface area contributed by atoms with Gasteiger partial charge in [-0.15, -0.1) is 5.92 Å². The standard InChI is InChI=1S/C11H19F/c1-3-5-7-8-10-11(12)9-6-4-2/h11H,3-5,7-8,10H2,1-2H3. The lowest BCUT2D eigenvalue weighted by Gasteiger charge is -1.99. The molecule has 0 bridgehead atoms. The molecular weight excluding hydrogens is 151 g/mol. The minimum atomic E-state index is -0.887. The summed E-state index contributed by atoms with van der Waals surface area (Å²) >= 11 is 0. The topological polar surface area (TPSA) is 0 Å². The summed E-state index contributed by atoms with van der Waals surface area (Å²) in [7, 11) is 0. The van der Waals surface area contributed by atoms with Crippen LogP contribution in [0.2, 0.25) is 0 Å². The van der Waals surface area contributed by atoms with Gasteiger partial charge in [0.2, 0.25) is 0 Å². The van der Waals surface area contributed by atoms with Crippen molar-refractivity contribution in [1.82, 2.24) is 0 Å². The monoisotopic (exact) mass is 170 g/mol. The second-order valence-corrected chi connectivity index (χ2v) is 2.99. The molecule has 0 amide bonds. The number of alkyl halides is 1. The maximum Gasteiger partial charge on any atom is 0.160 e. The third-order valence-electron chi connectivity index (χ3n) is 1.75. The van der Waals surface area contributed by atoms with Crippen molar-refractivity contribution in [3.8, 4) is 11.8 Å². The van der Waals surface area contributed by atoms with Crippen LogP contribution in [0, 0.1) is 11.8 Å². The highest BCUT2D eigenvalue weighted by Crippen LogP contribution is 2.07. The molecule has 0 aromatic heterocycles. The third-order valence-corrected chi connectivity index (χ3v) is 1.75. The Kier molecular flexibility index (Phi) is 8.22. The maximum absolute atomic E-state index is 12.8. The smallest absolute Gasteiger partial charge is 0.160 e. The van der Waals surface area contributed by atoms with Crippen LogP contribution in [0.5, 0.6) is 0 Å². The van der Waals surface area contributed by atoms with E-state index >= 15 is 0 Å². The summed E-state index contributed by atoms with van der Waals surface area (Å²) in [6.45, 7) is 4.10. The summed E-state index contributed by atoms with van der Waals surface area (Å²) in [6.07, 6.45) is 5.04. The van der Waals surface area contributed by atoms with Crippen LogP contribution in [0.4, 0.5) is 4.39 Å². The van der Waals surface area contributed by atoms with E-state index < -0.39 is 6.17 Å². The average molecular weight is 170 g/mol. The van der Waals surface area contributed by atoms with Gasteiger partial charge in [0.05, 0.1) is 0 Å². The number of rotatable bonds is 5. The maximum atomic E-state index is 12.8. The normalized spacial score (nSPS) is 11.9. The SMILES string of the molecule is CCC#CC(F)CCCCCC. The first-order valence-corrected chi connectivity index (χ1v) is 4.93. The fourth-order valence-corrected chi connectivity index (χ4v) is 1.04. The van der Waals surface area contributed by atoms with E-state index in [9.17, 15) is 4.39 Å². The van der Waals surface area contributed by atoms with Gasteiger partial charge >= 0.3 is 0 Å². The third kappa shape index (κ3) is 7.60. The number of unbranched alkanes of at least 4 members (excludes halogenated alkanes) is 3. The highest BCUT2D eigenvalue weighted by Gasteiger charge is 1.99. The molecule has 1 atom stereocenters. The zero-order valence-corrected chi connectivity index (χ0v) is 8.20. The zero-order chi connectivity index (χ0) is 9.23. The van der Waals surface area contributed by atoms with E-state index in [-0.39, 0.29) is 0 Å². The second kappa shape index (κ2) is 8.59. The Morgan fingerprint density at radius 2 is 1.92 bits per heavy atom. The van der Waals surface area contributed by atoms with Crippen molar-refractivity contribution in [2.24, 2.45) is 0 Å². The quantitative estimate of drug-likeness (QED) is 0.436. The number of hydrogen-bond donors (Lipinski definition) is 0. The molecule has 12 heavy (non-hydrogen) atoms. The minimum absolute atomic E-state index is 0.618. The summed E-state index contributed by atoms with van der Waals surface area (Å²) in [5, 5.41) is 0. The highest BCUT2D eigenvalue weighted by atomic mass is 19.1. The molecule has 1 heteroatoms. The van der Waals surface area contributed by atoms with Crippen molar-refractivity contribution in [2.75, 3.05) is 0 Å². The molecule has 1 unspecified atom stereocenters. The predicted molar refractivity (Wildman–Crippen MR) is 51.7 cm³/mol. The molecule has 0 rings (SSSR count). The lowest BCUT2D eigenvalue weighted by Crippen LogP contribution is -1.95. The molecule has 0 aromatic carbocycles.